The van der Waals surface area contributed by atoms with Crippen molar-refractivity contribution in [2.24, 2.45) is 4.99 Å². The lowest BCUT2D eigenvalue weighted by Crippen LogP contribution is -2.25. The summed E-state index contributed by atoms with van der Waals surface area (Å²) < 4.78 is 38.8. The van der Waals surface area contributed by atoms with E-state index in [9.17, 15) is 43.1 Å². The van der Waals surface area contributed by atoms with Crippen molar-refractivity contribution in [2.45, 2.75) is 12.6 Å². The van der Waals surface area contributed by atoms with Gasteiger partial charge in [-0.3, -0.25) is 24.7 Å². The normalized spacial score (nSPS) is 14.9. The Kier molecular flexibility index (Phi) is 4.11. The SMILES string of the molecule is O=C1CC=NC(C(F)(F)F)=C1C(=O)c1cc(O)c(O)c([N+](=O)[O-])c1. The second-order valence-electron chi connectivity index (χ2n) is 4.61. The topological polar surface area (TPSA) is 130 Å². The van der Waals surface area contributed by atoms with Gasteiger partial charge in [-0.2, -0.15) is 13.2 Å². The average molecular weight is 344 g/mol. The molecular weight excluding hydrogens is 337 g/mol. The Morgan fingerprint density at radius 3 is 2.46 bits per heavy atom. The first-order valence-electron chi connectivity index (χ1n) is 6.16. The molecule has 1 aliphatic rings. The van der Waals surface area contributed by atoms with E-state index in [4.69, 9.17) is 0 Å². The predicted octanol–water partition coefficient (Wildman–Crippen LogP) is 2.05. The van der Waals surface area contributed by atoms with E-state index in [1.165, 1.54) is 0 Å². The van der Waals surface area contributed by atoms with Crippen molar-refractivity contribution in [2.75, 3.05) is 0 Å². The molecule has 8 nitrogen and oxygen atoms in total. The van der Waals surface area contributed by atoms with Crippen molar-refractivity contribution >= 4 is 23.5 Å². The summed E-state index contributed by atoms with van der Waals surface area (Å²) in [7, 11) is 0. The van der Waals surface area contributed by atoms with Crippen LogP contribution < -0.4 is 0 Å². The Labute approximate surface area is 130 Å². The van der Waals surface area contributed by atoms with Crippen LogP contribution in [0, 0.1) is 10.1 Å². The second kappa shape index (κ2) is 5.76. The van der Waals surface area contributed by atoms with Gasteiger partial charge in [0.1, 0.15) is 0 Å². The molecule has 2 rings (SSSR count). The molecule has 0 spiro atoms. The first-order chi connectivity index (χ1) is 11.0. The maximum Gasteiger partial charge on any atom is 0.434 e. The number of aromatic hydroxyl groups is 2. The number of nitrogens with zero attached hydrogens (tertiary/aromatic N) is 2. The van der Waals surface area contributed by atoms with Crippen molar-refractivity contribution in [3.8, 4) is 11.5 Å². The van der Waals surface area contributed by atoms with Crippen LogP contribution >= 0.6 is 0 Å². The molecule has 126 valence electrons. The lowest BCUT2D eigenvalue weighted by molar-refractivity contribution is -0.386. The van der Waals surface area contributed by atoms with E-state index in [-0.39, 0.29) is 0 Å². The van der Waals surface area contributed by atoms with Crippen molar-refractivity contribution in [3.05, 3.63) is 39.1 Å². The smallest absolute Gasteiger partial charge is 0.434 e. The summed E-state index contributed by atoms with van der Waals surface area (Å²) in [6.45, 7) is 0. The number of nitro benzene ring substituents is 1. The molecule has 11 heteroatoms. The van der Waals surface area contributed by atoms with E-state index in [1.807, 2.05) is 0 Å². The summed E-state index contributed by atoms with van der Waals surface area (Å²) in [5, 5.41) is 29.5. The third-order valence-corrected chi connectivity index (χ3v) is 3.04. The van der Waals surface area contributed by atoms with Crippen LogP contribution in [0.5, 0.6) is 11.5 Å². The molecule has 0 radical (unpaired) electrons. The highest BCUT2D eigenvalue weighted by atomic mass is 19.4. The van der Waals surface area contributed by atoms with Gasteiger partial charge in [0.15, 0.2) is 23.0 Å². The Balaban J connectivity index is 2.67. The van der Waals surface area contributed by atoms with E-state index in [1.54, 1.807) is 0 Å². The number of hydrogen-bond donors (Lipinski definition) is 2. The molecular formula is C13H7F3N2O6. The van der Waals surface area contributed by atoms with Gasteiger partial charge in [-0.25, -0.2) is 0 Å². The van der Waals surface area contributed by atoms with Gasteiger partial charge in [-0.05, 0) is 6.07 Å². The molecule has 0 aromatic heterocycles. The maximum absolute atomic E-state index is 12.9. The highest BCUT2D eigenvalue weighted by Gasteiger charge is 2.42. The number of phenolic OH excluding ortho intramolecular Hbond substituents is 2. The fourth-order valence-electron chi connectivity index (χ4n) is 1.99. The Morgan fingerprint density at radius 1 is 1.29 bits per heavy atom. The van der Waals surface area contributed by atoms with E-state index >= 15 is 0 Å². The second-order valence-corrected chi connectivity index (χ2v) is 4.61. The largest absolute Gasteiger partial charge is 0.504 e. The van der Waals surface area contributed by atoms with E-state index < -0.39 is 63.1 Å². The van der Waals surface area contributed by atoms with Gasteiger partial charge in [0.2, 0.25) is 5.75 Å². The van der Waals surface area contributed by atoms with Crippen LogP contribution in [0.15, 0.2) is 28.4 Å². The third kappa shape index (κ3) is 2.95. The summed E-state index contributed by atoms with van der Waals surface area (Å²) in [5.41, 5.74) is -4.87. The fraction of sp³-hybridized carbons (Fsp3) is 0.154. The first-order valence-corrected chi connectivity index (χ1v) is 6.16. The molecule has 0 aliphatic carbocycles. The van der Waals surface area contributed by atoms with Crippen LogP contribution in [0.2, 0.25) is 0 Å². The number of rotatable bonds is 3. The molecule has 1 aromatic rings. The van der Waals surface area contributed by atoms with E-state index in [0.29, 0.717) is 18.3 Å². The molecule has 2 N–H and O–H groups in total. The van der Waals surface area contributed by atoms with Crippen LogP contribution in [-0.4, -0.2) is 39.1 Å². The van der Waals surface area contributed by atoms with Gasteiger partial charge in [0, 0.05) is 24.3 Å². The summed E-state index contributed by atoms with van der Waals surface area (Å²) in [6, 6.07) is 0.987. The van der Waals surface area contributed by atoms with Gasteiger partial charge in [-0.1, -0.05) is 0 Å². The average Bonchev–Trinajstić information content (AvgIpc) is 2.47. The Morgan fingerprint density at radius 2 is 1.92 bits per heavy atom. The number of carbonyl (C=O) groups excluding carboxylic acids is 2. The monoisotopic (exact) mass is 344 g/mol. The van der Waals surface area contributed by atoms with Crippen molar-refractivity contribution in [3.63, 3.8) is 0 Å². The van der Waals surface area contributed by atoms with Crippen LogP contribution in [0.3, 0.4) is 0 Å². The number of benzene rings is 1. The molecule has 0 saturated heterocycles. The van der Waals surface area contributed by atoms with Crippen LogP contribution in [-0.2, 0) is 4.79 Å². The molecule has 0 unspecified atom stereocenters. The fourth-order valence-corrected chi connectivity index (χ4v) is 1.99. The number of aliphatic imine (C=N–C) groups is 1. The lowest BCUT2D eigenvalue weighted by atomic mass is 9.94. The molecule has 0 atom stereocenters. The maximum atomic E-state index is 12.9. The van der Waals surface area contributed by atoms with Crippen LogP contribution in [0.4, 0.5) is 18.9 Å². The van der Waals surface area contributed by atoms with Gasteiger partial charge < -0.3 is 10.2 Å². The number of Topliss-reactive ketones (excluding diaryl/α,β-unsaturated/α-hetero) is 2. The molecule has 0 saturated carbocycles. The number of alkyl halides is 3. The zero-order chi connectivity index (χ0) is 18.2. The standard InChI is InChI=1S/C13H7F3N2O6/c14-13(15,16)12-9(7(19)1-2-17-12)10(21)5-3-6(18(23)24)11(22)8(20)4-5/h2-4,20,22H,1H2. The van der Waals surface area contributed by atoms with Gasteiger partial charge >= 0.3 is 11.9 Å². The number of ketones is 2. The first kappa shape index (κ1) is 17.1. The van der Waals surface area contributed by atoms with Crippen molar-refractivity contribution in [1.29, 1.82) is 0 Å². The summed E-state index contributed by atoms with van der Waals surface area (Å²) in [6.07, 6.45) is -4.95. The highest BCUT2D eigenvalue weighted by Crippen LogP contribution is 2.38. The number of allylic oxidation sites excluding steroid dienone is 2. The number of halogens is 3. The Bertz CT molecular complexity index is 826. The molecule has 1 heterocycles. The van der Waals surface area contributed by atoms with Crippen LogP contribution in [0.25, 0.3) is 0 Å². The van der Waals surface area contributed by atoms with Gasteiger partial charge in [0.25, 0.3) is 0 Å². The van der Waals surface area contributed by atoms with Gasteiger partial charge in [-0.15, -0.1) is 0 Å². The minimum Gasteiger partial charge on any atom is -0.504 e. The van der Waals surface area contributed by atoms with Gasteiger partial charge in [0.05, 0.1) is 10.5 Å². The molecule has 0 bridgehead atoms. The molecule has 0 fully saturated rings. The molecule has 1 aliphatic heterocycles. The molecule has 0 amide bonds. The number of nitro groups is 1. The zero-order valence-corrected chi connectivity index (χ0v) is 11.5. The summed E-state index contributed by atoms with van der Waals surface area (Å²) in [4.78, 5) is 36.6. The number of carbonyl (C=O) groups is 2. The zero-order valence-electron chi connectivity index (χ0n) is 11.5. The highest BCUT2D eigenvalue weighted by molar-refractivity contribution is 6.29. The van der Waals surface area contributed by atoms with Crippen LogP contribution in [0.1, 0.15) is 16.8 Å². The molecule has 1 aromatic carbocycles. The number of phenols is 2. The quantitative estimate of drug-likeness (QED) is 0.284. The van der Waals surface area contributed by atoms with E-state index in [2.05, 4.69) is 4.99 Å². The Hall–Kier alpha value is -3.24. The minimum atomic E-state index is -5.09. The van der Waals surface area contributed by atoms with E-state index in [0.717, 1.165) is 0 Å². The third-order valence-electron chi connectivity index (χ3n) is 3.04. The predicted molar refractivity (Wildman–Crippen MR) is 72.0 cm³/mol. The summed E-state index contributed by atoms with van der Waals surface area (Å²) in [5.74, 6) is -4.91. The van der Waals surface area contributed by atoms with Crippen molar-refractivity contribution in [1.82, 2.24) is 0 Å². The minimum absolute atomic E-state index is 0.462. The lowest BCUT2D eigenvalue weighted by Gasteiger charge is -2.15. The summed E-state index contributed by atoms with van der Waals surface area (Å²) >= 11 is 0. The number of hydrogen-bond acceptors (Lipinski definition) is 7. The molecule has 24 heavy (non-hydrogen) atoms. The van der Waals surface area contributed by atoms with Crippen molar-refractivity contribution < 1.29 is 37.9 Å².